The van der Waals surface area contributed by atoms with Crippen LogP contribution in [-0.4, -0.2) is 69.6 Å². The Morgan fingerprint density at radius 3 is 2.51 bits per heavy atom. The van der Waals surface area contributed by atoms with E-state index in [-0.39, 0.29) is 60.6 Å². The third-order valence-corrected chi connectivity index (χ3v) is 6.31. The Morgan fingerprint density at radius 2 is 1.92 bits per heavy atom. The number of thiocarbonyl (C=S) groups is 1. The zero-order valence-corrected chi connectivity index (χ0v) is 20.5. The number of hydrogen-bond donors (Lipinski definition) is 2. The maximum absolute atomic E-state index is 15.2. The van der Waals surface area contributed by atoms with Gasteiger partial charge in [0.25, 0.3) is 10.9 Å². The first kappa shape index (κ1) is 25.9. The normalized spacial score (nSPS) is 14.2. The average molecular weight is 532 g/mol. The molecule has 14 heteroatoms. The van der Waals surface area contributed by atoms with Gasteiger partial charge in [0, 0.05) is 37.8 Å². The van der Waals surface area contributed by atoms with E-state index in [1.165, 1.54) is 47.4 Å². The van der Waals surface area contributed by atoms with Gasteiger partial charge in [-0.3, -0.25) is 14.9 Å². The van der Waals surface area contributed by atoms with E-state index in [0.717, 1.165) is 0 Å². The van der Waals surface area contributed by atoms with Crippen molar-refractivity contribution in [1.82, 2.24) is 25.6 Å². The minimum Gasteiger partial charge on any atom is -0.474 e. The van der Waals surface area contributed by atoms with Gasteiger partial charge in [0.15, 0.2) is 0 Å². The van der Waals surface area contributed by atoms with Gasteiger partial charge in [-0.1, -0.05) is 18.2 Å². The molecule has 1 aliphatic heterocycles. The quantitative estimate of drug-likeness (QED) is 0.268. The fraction of sp³-hybridized carbons (Fsp3) is 0.304. The molecule has 2 aromatic carbocycles. The number of nitro groups is 1. The van der Waals surface area contributed by atoms with Gasteiger partial charge in [0.2, 0.25) is 5.91 Å². The van der Waals surface area contributed by atoms with Crippen molar-refractivity contribution in [2.45, 2.75) is 12.5 Å². The maximum Gasteiger partial charge on any atom is 0.273 e. The van der Waals surface area contributed by atoms with Crippen LogP contribution in [-0.2, 0) is 16.0 Å². The standard InChI is InChI=1S/C23H23F2N7O4S/c1-36-23(37)27-21(18-13-26-29-28-18)15-10-16(24)22(17(25)11-15)31-8-6-30(7-9-31)20(33)12-14-4-2-3-5-19(14)32(34)35/h2-5,10-11,13,21H,6-9,12H2,1H3,(H,27,37)(H,26,28,29). The highest BCUT2D eigenvalue weighted by Crippen LogP contribution is 2.30. The number of carbonyl (C=O) groups is 1. The van der Waals surface area contributed by atoms with Crippen LogP contribution in [0.5, 0.6) is 0 Å². The number of amides is 1. The molecule has 2 heterocycles. The second-order valence-electron chi connectivity index (χ2n) is 8.23. The summed E-state index contributed by atoms with van der Waals surface area (Å²) in [6, 6.07) is 7.63. The van der Waals surface area contributed by atoms with Crippen molar-refractivity contribution in [3.8, 4) is 0 Å². The number of aromatic amines is 1. The molecule has 194 valence electrons. The monoisotopic (exact) mass is 531 g/mol. The van der Waals surface area contributed by atoms with E-state index in [2.05, 4.69) is 20.7 Å². The zero-order valence-electron chi connectivity index (χ0n) is 19.7. The van der Waals surface area contributed by atoms with Gasteiger partial charge < -0.3 is 19.9 Å². The number of nitro benzene ring substituents is 1. The SMILES string of the molecule is COC(=S)NC(c1cc(F)c(N2CCN(C(=O)Cc3ccccc3[N+](=O)[O-])CC2)c(F)c1)c1cn[nH]n1. The van der Waals surface area contributed by atoms with Gasteiger partial charge >= 0.3 is 0 Å². The Bertz CT molecular complexity index is 1280. The number of aromatic nitrogens is 3. The number of nitrogens with zero attached hydrogens (tertiary/aromatic N) is 5. The first-order valence-corrected chi connectivity index (χ1v) is 11.6. The van der Waals surface area contributed by atoms with Crippen molar-refractivity contribution in [1.29, 1.82) is 0 Å². The summed E-state index contributed by atoms with van der Waals surface area (Å²) < 4.78 is 35.4. The van der Waals surface area contributed by atoms with Gasteiger partial charge in [-0.15, -0.1) is 0 Å². The highest BCUT2D eigenvalue weighted by Gasteiger charge is 2.28. The Labute approximate surface area is 215 Å². The van der Waals surface area contributed by atoms with Crippen molar-refractivity contribution in [3.05, 3.63) is 81.2 Å². The fourth-order valence-corrected chi connectivity index (χ4v) is 4.32. The molecule has 0 spiro atoms. The number of nitrogens with one attached hydrogen (secondary N) is 2. The van der Waals surface area contributed by atoms with Crippen LogP contribution < -0.4 is 10.2 Å². The lowest BCUT2D eigenvalue weighted by molar-refractivity contribution is -0.385. The van der Waals surface area contributed by atoms with Crippen LogP contribution in [0.2, 0.25) is 0 Å². The Hall–Kier alpha value is -4.20. The molecule has 1 fully saturated rings. The largest absolute Gasteiger partial charge is 0.474 e. The molecular weight excluding hydrogens is 508 g/mol. The summed E-state index contributed by atoms with van der Waals surface area (Å²) in [6.07, 6.45) is 1.27. The molecule has 4 rings (SSSR count). The van der Waals surface area contributed by atoms with Crippen LogP contribution in [0, 0.1) is 21.7 Å². The summed E-state index contributed by atoms with van der Waals surface area (Å²) >= 11 is 5.04. The van der Waals surface area contributed by atoms with Crippen molar-refractivity contribution >= 4 is 34.7 Å². The molecule has 2 N–H and O–H groups in total. The number of benzene rings is 2. The molecule has 1 aliphatic rings. The van der Waals surface area contributed by atoms with E-state index in [1.54, 1.807) is 12.1 Å². The van der Waals surface area contributed by atoms with Gasteiger partial charge in [0.05, 0.1) is 24.7 Å². The molecule has 0 bridgehead atoms. The number of hydrogen-bond acceptors (Lipinski definition) is 8. The average Bonchev–Trinajstić information content (AvgIpc) is 3.42. The predicted octanol–water partition coefficient (Wildman–Crippen LogP) is 2.49. The predicted molar refractivity (Wildman–Crippen MR) is 133 cm³/mol. The molecule has 11 nitrogen and oxygen atoms in total. The molecule has 0 radical (unpaired) electrons. The first-order chi connectivity index (χ1) is 17.8. The van der Waals surface area contributed by atoms with Crippen LogP contribution in [0.4, 0.5) is 20.2 Å². The molecule has 1 aromatic heterocycles. The second kappa shape index (κ2) is 11.2. The number of anilines is 1. The van der Waals surface area contributed by atoms with E-state index in [0.29, 0.717) is 11.3 Å². The van der Waals surface area contributed by atoms with Crippen LogP contribution in [0.25, 0.3) is 0 Å². The molecule has 37 heavy (non-hydrogen) atoms. The molecule has 1 saturated heterocycles. The van der Waals surface area contributed by atoms with E-state index in [1.807, 2.05) is 0 Å². The molecule has 0 aliphatic carbocycles. The number of para-hydroxylation sites is 1. The van der Waals surface area contributed by atoms with Gasteiger partial charge in [-0.2, -0.15) is 15.4 Å². The molecule has 1 unspecified atom stereocenters. The lowest BCUT2D eigenvalue weighted by atomic mass is 10.0. The third-order valence-electron chi connectivity index (χ3n) is 6.03. The second-order valence-corrected chi connectivity index (χ2v) is 8.60. The number of ether oxygens (including phenoxy) is 1. The minimum absolute atomic E-state index is 0.0134. The number of H-pyrrole nitrogens is 1. The van der Waals surface area contributed by atoms with Crippen molar-refractivity contribution in [2.24, 2.45) is 0 Å². The summed E-state index contributed by atoms with van der Waals surface area (Å²) in [6.45, 7) is 0.805. The molecular formula is C23H23F2N7O4S. The molecule has 0 saturated carbocycles. The Morgan fingerprint density at radius 1 is 1.24 bits per heavy atom. The topological polar surface area (TPSA) is 130 Å². The molecule has 1 atom stereocenters. The highest BCUT2D eigenvalue weighted by molar-refractivity contribution is 7.80. The number of rotatable bonds is 7. The maximum atomic E-state index is 15.2. The smallest absolute Gasteiger partial charge is 0.273 e. The highest BCUT2D eigenvalue weighted by atomic mass is 32.1. The summed E-state index contributed by atoms with van der Waals surface area (Å²) in [5.41, 5.74) is 0.573. The lowest BCUT2D eigenvalue weighted by Crippen LogP contribution is -2.49. The van der Waals surface area contributed by atoms with E-state index in [4.69, 9.17) is 17.0 Å². The van der Waals surface area contributed by atoms with Gasteiger partial charge in [-0.05, 0) is 29.9 Å². The summed E-state index contributed by atoms with van der Waals surface area (Å²) in [5.74, 6) is -1.86. The number of halogens is 2. The van der Waals surface area contributed by atoms with Crippen molar-refractivity contribution < 1.29 is 23.2 Å². The summed E-state index contributed by atoms with van der Waals surface area (Å²) in [7, 11) is 1.37. The van der Waals surface area contributed by atoms with Gasteiger partial charge in [0.1, 0.15) is 29.1 Å². The first-order valence-electron chi connectivity index (χ1n) is 11.2. The minimum atomic E-state index is -0.805. The Balaban J connectivity index is 1.46. The van der Waals surface area contributed by atoms with Crippen LogP contribution in [0.3, 0.4) is 0 Å². The fourth-order valence-electron chi connectivity index (χ4n) is 4.20. The number of piperazine rings is 1. The lowest BCUT2D eigenvalue weighted by Gasteiger charge is -2.36. The Kier molecular flexibility index (Phi) is 7.86. The number of carbonyl (C=O) groups excluding carboxylic acids is 1. The van der Waals surface area contributed by atoms with E-state index >= 15 is 8.78 Å². The van der Waals surface area contributed by atoms with E-state index < -0.39 is 22.6 Å². The third kappa shape index (κ3) is 5.80. The van der Waals surface area contributed by atoms with Crippen LogP contribution in [0.1, 0.15) is 22.9 Å². The molecule has 1 amide bonds. The van der Waals surface area contributed by atoms with Crippen molar-refractivity contribution in [2.75, 3.05) is 38.2 Å². The van der Waals surface area contributed by atoms with Crippen molar-refractivity contribution in [3.63, 3.8) is 0 Å². The zero-order chi connectivity index (χ0) is 26.5. The van der Waals surface area contributed by atoms with Gasteiger partial charge in [-0.25, -0.2) is 8.78 Å². The summed E-state index contributed by atoms with van der Waals surface area (Å²) in [4.78, 5) is 26.5. The van der Waals surface area contributed by atoms with Crippen LogP contribution in [0.15, 0.2) is 42.6 Å². The number of methoxy groups -OCH3 is 1. The van der Waals surface area contributed by atoms with Crippen LogP contribution >= 0.6 is 12.2 Å². The van der Waals surface area contributed by atoms with E-state index in [9.17, 15) is 14.9 Å². The molecule has 3 aromatic rings. The summed E-state index contributed by atoms with van der Waals surface area (Å²) in [5, 5.41) is 24.2.